The van der Waals surface area contributed by atoms with Crippen molar-refractivity contribution in [3.05, 3.63) is 204 Å². The van der Waals surface area contributed by atoms with Crippen molar-refractivity contribution in [2.75, 3.05) is 26.4 Å². The summed E-state index contributed by atoms with van der Waals surface area (Å²) in [4.78, 5) is 16.8. The summed E-state index contributed by atoms with van der Waals surface area (Å²) >= 11 is 0. The van der Waals surface area contributed by atoms with Gasteiger partial charge in [0.2, 0.25) is 11.0 Å². The molecule has 0 radical (unpaired) electrons. The van der Waals surface area contributed by atoms with Gasteiger partial charge in [-0.2, -0.15) is 0 Å². The monoisotopic (exact) mass is 1040 g/mol. The molecule has 16 heteroatoms. The highest BCUT2D eigenvalue weighted by atomic mass is 16.8. The first-order valence-corrected chi connectivity index (χ1v) is 26.3. The second kappa shape index (κ2) is 26.5. The molecule has 0 spiro atoms. The third-order valence-corrected chi connectivity index (χ3v) is 14.2. The van der Waals surface area contributed by atoms with Crippen molar-refractivity contribution in [1.29, 1.82) is 5.53 Å². The maximum atomic E-state index is 12.1. The lowest BCUT2D eigenvalue weighted by Gasteiger charge is -2.49. The largest absolute Gasteiger partial charge is 0.530 e. The van der Waals surface area contributed by atoms with Gasteiger partial charge in [0.15, 0.2) is 18.9 Å². The summed E-state index contributed by atoms with van der Waals surface area (Å²) in [7, 11) is 0. The Balaban J connectivity index is 0.955. The van der Waals surface area contributed by atoms with Crippen molar-refractivity contribution < 1.29 is 57.6 Å². The van der Waals surface area contributed by atoms with Crippen LogP contribution in [0.25, 0.3) is 21.5 Å². The van der Waals surface area contributed by atoms with E-state index in [-0.39, 0.29) is 46.2 Å². The molecule has 1 amide bonds. The molecule has 11 atom stereocenters. The topological polar surface area (TPSA) is 197 Å². The third-order valence-electron chi connectivity index (χ3n) is 14.2. The van der Waals surface area contributed by atoms with E-state index in [1.54, 1.807) is 0 Å². The number of amides is 1. The zero-order valence-corrected chi connectivity index (χ0v) is 42.7. The molecule has 10 rings (SSSR count). The molecule has 400 valence electrons. The number of nitrogens with zero attached hydrogens (tertiary/aromatic N) is 3. The lowest BCUT2D eigenvalue weighted by Crippen LogP contribution is -2.66. The van der Waals surface area contributed by atoms with Crippen LogP contribution in [0.4, 0.5) is 4.79 Å². The Bertz CT molecular complexity index is 3030. The molecule has 0 saturated carbocycles. The van der Waals surface area contributed by atoms with Gasteiger partial charge < -0.3 is 62.5 Å². The minimum atomic E-state index is -1.33. The van der Waals surface area contributed by atoms with Gasteiger partial charge in [0.25, 0.3) is 0 Å². The number of fused-ring (bicyclic) bond motifs is 3. The Labute approximate surface area is 447 Å². The predicted octanol–water partition coefficient (Wildman–Crippen LogP) is 8.94. The molecule has 3 fully saturated rings. The molecule has 3 aliphatic heterocycles. The summed E-state index contributed by atoms with van der Waals surface area (Å²) in [5.74, 6) is 0. The summed E-state index contributed by atoms with van der Waals surface area (Å²) in [5.41, 5.74) is 12.3. The highest BCUT2D eigenvalue weighted by Crippen LogP contribution is 2.39. The standard InChI is InChI=1S/C61H64N4O12/c62-64-63-52-53(66)54-51(40-73-58(76-54)47-23-9-3-10-24-47)74-59(52)77-55-50(39-69-36-42-19-7-2-8-20-42)75-60(70-32-16-4-15-31-65(61(67)68)35-41-17-5-1-6-18-41)57(72-38-44-28-30-46-22-12-14-26-49(46)34-44)56(55)71-37-43-27-29-45-21-11-13-25-48(45)33-43/h1-3,5-14,17-30,33-34,50-60,62,66H,4,15-16,31-32,35-40H2/t50-,51-,52-,53-,54+,55+,56+,57-,58+,59-,60+/m1/s1. The number of aliphatic hydroxyl groups excluding tert-OH is 1. The number of hydrogen-bond donors (Lipinski definition) is 2. The van der Waals surface area contributed by atoms with Crippen LogP contribution in [0.5, 0.6) is 0 Å². The number of aliphatic hydroxyl groups is 1. The van der Waals surface area contributed by atoms with E-state index >= 15 is 0 Å². The van der Waals surface area contributed by atoms with E-state index in [1.165, 1.54) is 4.90 Å². The zero-order chi connectivity index (χ0) is 52.8. The minimum Gasteiger partial charge on any atom is -0.530 e. The van der Waals surface area contributed by atoms with Crippen LogP contribution in [-0.4, -0.2) is 104 Å². The first kappa shape index (κ1) is 53.6. The van der Waals surface area contributed by atoms with Crippen LogP contribution in [0, 0.1) is 5.53 Å². The minimum absolute atomic E-state index is 0.00402. The molecule has 0 bridgehead atoms. The number of nitrogens with one attached hydrogen (secondary N) is 1. The van der Waals surface area contributed by atoms with Crippen molar-refractivity contribution in [2.45, 2.75) is 113 Å². The van der Waals surface area contributed by atoms with Crippen LogP contribution in [0.3, 0.4) is 0 Å². The van der Waals surface area contributed by atoms with Crippen LogP contribution in [0.2, 0.25) is 0 Å². The lowest BCUT2D eigenvalue weighted by molar-refractivity contribution is -0.376. The van der Waals surface area contributed by atoms with Crippen molar-refractivity contribution in [3.8, 4) is 0 Å². The lowest BCUT2D eigenvalue weighted by atomic mass is 9.95. The Morgan fingerprint density at radius 1 is 0.636 bits per heavy atom. The van der Waals surface area contributed by atoms with E-state index < -0.39 is 73.7 Å². The van der Waals surface area contributed by atoms with E-state index in [0.29, 0.717) is 25.8 Å². The second-order valence-corrected chi connectivity index (χ2v) is 19.6. The van der Waals surface area contributed by atoms with Gasteiger partial charge in [0, 0.05) is 25.3 Å². The molecule has 3 aliphatic rings. The molecule has 0 aromatic heterocycles. The zero-order valence-electron chi connectivity index (χ0n) is 42.7. The Morgan fingerprint density at radius 3 is 1.90 bits per heavy atom. The van der Waals surface area contributed by atoms with Crippen LogP contribution in [0.15, 0.2) is 181 Å². The fourth-order valence-corrected chi connectivity index (χ4v) is 10.2. The van der Waals surface area contributed by atoms with Crippen LogP contribution < -0.4 is 10.0 Å². The number of hydrogen-bond acceptors (Lipinski definition) is 14. The molecule has 2 N–H and O–H groups in total. The summed E-state index contributed by atoms with van der Waals surface area (Å²) in [6, 6.07) is 56.0. The predicted molar refractivity (Wildman–Crippen MR) is 282 cm³/mol. The van der Waals surface area contributed by atoms with Crippen molar-refractivity contribution in [2.24, 2.45) is 5.11 Å². The number of ether oxygens (including phenoxy) is 9. The molecule has 77 heavy (non-hydrogen) atoms. The van der Waals surface area contributed by atoms with Crippen LogP contribution in [0.1, 0.15) is 53.4 Å². The van der Waals surface area contributed by atoms with Gasteiger partial charge in [-0.3, -0.25) is 0 Å². The molecule has 0 aliphatic carbocycles. The first-order valence-electron chi connectivity index (χ1n) is 26.3. The molecule has 3 saturated heterocycles. The molecule has 7 aromatic carbocycles. The molecular formula is C61H64N4O12. The maximum absolute atomic E-state index is 12.1. The van der Waals surface area contributed by atoms with Gasteiger partial charge in [0.05, 0.1) is 33.0 Å². The third kappa shape index (κ3) is 13.9. The number of benzene rings is 7. The summed E-state index contributed by atoms with van der Waals surface area (Å²) in [6.45, 7) is 1.36. The Hall–Kier alpha value is -6.76. The number of carboxylic acid groups (broad SMARTS) is 1. The van der Waals surface area contributed by atoms with Gasteiger partial charge in [-0.05, 0) is 75.2 Å². The molecular weight excluding hydrogens is 981 g/mol. The van der Waals surface area contributed by atoms with Crippen LogP contribution in [-0.2, 0) is 69.0 Å². The average molecular weight is 1050 g/mol. The fraction of sp³-hybridized carbons (Fsp3) is 0.361. The SMILES string of the molecule is N=[N+]=N[C@H]1[C@@H](O[C@@H]2[C@H](OCc3ccc4ccccc4c3)[C@@H](OCc3ccc4ccccc4c3)[C@@H](OCCCCCN(Cc3ccccc3)C(=O)[O-])O[C@@H]2COCc2ccccc2)O[C@@H]2CO[C@H](c3ccccc3)O[C@@H]2[C@@H]1O. The van der Waals surface area contributed by atoms with Gasteiger partial charge in [0.1, 0.15) is 59.5 Å². The fourth-order valence-electron chi connectivity index (χ4n) is 10.2. The van der Waals surface area contributed by atoms with Crippen molar-refractivity contribution in [1.82, 2.24) is 9.81 Å². The van der Waals surface area contributed by atoms with E-state index in [4.69, 9.17) is 48.2 Å². The van der Waals surface area contributed by atoms with Gasteiger partial charge in [-0.25, -0.2) is 0 Å². The highest BCUT2D eigenvalue weighted by molar-refractivity contribution is 5.83. The summed E-state index contributed by atoms with van der Waals surface area (Å²) < 4.78 is 60.5. The highest BCUT2D eigenvalue weighted by Gasteiger charge is 2.56. The van der Waals surface area contributed by atoms with Crippen LogP contribution >= 0.6 is 0 Å². The maximum Gasteiger partial charge on any atom is 0.214 e. The second-order valence-electron chi connectivity index (χ2n) is 19.6. The van der Waals surface area contributed by atoms with E-state index in [2.05, 4.69) is 58.6 Å². The van der Waals surface area contributed by atoms with E-state index in [0.717, 1.165) is 49.4 Å². The number of rotatable bonds is 23. The number of carbonyl (C=O) groups excluding carboxylic acids is 1. The smallest absolute Gasteiger partial charge is 0.214 e. The Kier molecular flexibility index (Phi) is 18.5. The number of unbranched alkanes of at least 4 members (excludes halogenated alkanes) is 2. The van der Waals surface area contributed by atoms with E-state index in [9.17, 15) is 15.0 Å². The van der Waals surface area contributed by atoms with Crippen molar-refractivity contribution >= 4 is 27.6 Å². The Morgan fingerprint density at radius 2 is 1.25 bits per heavy atom. The molecule has 7 aromatic rings. The van der Waals surface area contributed by atoms with Gasteiger partial charge >= 0.3 is 0 Å². The normalized spacial score (nSPS) is 25.2. The summed E-state index contributed by atoms with van der Waals surface area (Å²) in [5, 5.41) is 32.7. The number of carbonyl (C=O) groups is 1. The average Bonchev–Trinajstić information content (AvgIpc) is 3.46. The molecule has 0 unspecified atom stereocenters. The van der Waals surface area contributed by atoms with Gasteiger partial charge in [-0.15, -0.1) is 0 Å². The quantitative estimate of drug-likeness (QED) is 0.0351. The first-order chi connectivity index (χ1) is 37.9. The van der Waals surface area contributed by atoms with Crippen molar-refractivity contribution in [3.63, 3.8) is 0 Å². The van der Waals surface area contributed by atoms with Gasteiger partial charge in [-0.1, -0.05) is 164 Å². The summed E-state index contributed by atoms with van der Waals surface area (Å²) in [6.07, 6.45) is -9.37. The molecule has 3 heterocycles. The molecule has 16 nitrogen and oxygen atoms in total. The van der Waals surface area contributed by atoms with E-state index in [1.807, 2.05) is 127 Å².